The van der Waals surface area contributed by atoms with E-state index < -0.39 is 0 Å². The smallest absolute Gasteiger partial charge is 0.319 e. The van der Waals surface area contributed by atoms with Gasteiger partial charge in [0.15, 0.2) is 0 Å². The Kier molecular flexibility index (Phi) is 8.68. The zero-order valence-electron chi connectivity index (χ0n) is 14.6. The molecule has 140 valence electrons. The second-order valence-electron chi connectivity index (χ2n) is 6.08. The number of rotatable bonds is 8. The number of halogens is 1. The summed E-state index contributed by atoms with van der Waals surface area (Å²) in [5.74, 6) is -0.106. The van der Waals surface area contributed by atoms with Crippen molar-refractivity contribution in [3.05, 3.63) is 29.8 Å². The third kappa shape index (κ3) is 7.29. The number of hydrogen-bond acceptors (Lipinski definition) is 4. The first-order chi connectivity index (χ1) is 11.5. The van der Waals surface area contributed by atoms with Crippen molar-refractivity contribution in [2.45, 2.75) is 44.4 Å². The summed E-state index contributed by atoms with van der Waals surface area (Å²) in [4.78, 5) is 23.6. The van der Waals surface area contributed by atoms with E-state index in [0.717, 1.165) is 24.1 Å². The van der Waals surface area contributed by atoms with E-state index in [4.69, 9.17) is 10.5 Å². The zero-order valence-corrected chi connectivity index (χ0v) is 15.4. The monoisotopic (exact) mass is 370 g/mol. The predicted molar refractivity (Wildman–Crippen MR) is 99.9 cm³/mol. The second kappa shape index (κ2) is 10.2. The largest absolute Gasteiger partial charge is 0.380 e. The Bertz CT molecular complexity index is 560. The van der Waals surface area contributed by atoms with Crippen LogP contribution < -0.4 is 21.7 Å². The first kappa shape index (κ1) is 21.2. The van der Waals surface area contributed by atoms with E-state index >= 15 is 0 Å². The molecule has 2 atom stereocenters. The van der Waals surface area contributed by atoms with Crippen molar-refractivity contribution >= 4 is 30.0 Å². The van der Waals surface area contributed by atoms with E-state index in [1.165, 1.54) is 0 Å². The summed E-state index contributed by atoms with van der Waals surface area (Å²) in [7, 11) is 1.54. The minimum atomic E-state index is -0.270. The molecule has 1 aliphatic carbocycles. The third-order valence-electron chi connectivity index (χ3n) is 3.97. The molecule has 1 saturated carbocycles. The molecule has 0 radical (unpaired) electrons. The molecule has 1 aliphatic rings. The topological polar surface area (TPSA) is 105 Å². The van der Waals surface area contributed by atoms with Crippen molar-refractivity contribution in [1.82, 2.24) is 10.6 Å². The summed E-state index contributed by atoms with van der Waals surface area (Å²) >= 11 is 0. The second-order valence-corrected chi connectivity index (χ2v) is 6.08. The standard InChI is InChI=1S/C17H26N4O3.ClH/c1-11(19-16(22)9-15(10-18)24-2)12-3-5-13(6-4-12)20-17(23)21-14-7-8-14;/h3-6,11,14-15H,7-10,18H2,1-2H3,(H,19,22)(H2,20,21,23);1H. The highest BCUT2D eigenvalue weighted by molar-refractivity contribution is 5.89. The molecule has 0 heterocycles. The molecule has 5 N–H and O–H groups in total. The average molecular weight is 371 g/mol. The summed E-state index contributed by atoms with van der Waals surface area (Å²) in [5, 5.41) is 8.58. The quantitative estimate of drug-likeness (QED) is 0.561. The van der Waals surface area contributed by atoms with E-state index in [1.54, 1.807) is 7.11 Å². The highest BCUT2D eigenvalue weighted by Gasteiger charge is 2.23. The van der Waals surface area contributed by atoms with Gasteiger partial charge in [-0.15, -0.1) is 12.4 Å². The Labute approximate surface area is 154 Å². The summed E-state index contributed by atoms with van der Waals surface area (Å²) in [6.07, 6.45) is 2.07. The highest BCUT2D eigenvalue weighted by Crippen LogP contribution is 2.19. The minimum Gasteiger partial charge on any atom is -0.380 e. The number of benzene rings is 1. The van der Waals surface area contributed by atoms with E-state index in [0.29, 0.717) is 12.6 Å². The van der Waals surface area contributed by atoms with Crippen molar-refractivity contribution in [3.8, 4) is 0 Å². The lowest BCUT2D eigenvalue weighted by Crippen LogP contribution is -2.33. The van der Waals surface area contributed by atoms with Crippen LogP contribution in [0.15, 0.2) is 24.3 Å². The number of carbonyl (C=O) groups excluding carboxylic acids is 2. The number of urea groups is 1. The summed E-state index contributed by atoms with van der Waals surface area (Å²) in [5.41, 5.74) is 7.20. The number of carbonyl (C=O) groups is 2. The third-order valence-corrected chi connectivity index (χ3v) is 3.97. The SMILES string of the molecule is COC(CN)CC(=O)NC(C)c1ccc(NC(=O)NC2CC2)cc1.Cl. The van der Waals surface area contributed by atoms with Crippen LogP contribution in [0.25, 0.3) is 0 Å². The predicted octanol–water partition coefficient (Wildman–Crippen LogP) is 1.93. The molecule has 1 aromatic carbocycles. The molecule has 7 nitrogen and oxygen atoms in total. The number of ether oxygens (including phenoxy) is 1. The molecule has 0 aliphatic heterocycles. The fourth-order valence-electron chi connectivity index (χ4n) is 2.29. The van der Waals surface area contributed by atoms with Crippen molar-refractivity contribution in [1.29, 1.82) is 0 Å². The lowest BCUT2D eigenvalue weighted by Gasteiger charge is -2.17. The van der Waals surface area contributed by atoms with Gasteiger partial charge in [-0.3, -0.25) is 4.79 Å². The van der Waals surface area contributed by atoms with Gasteiger partial charge in [-0.1, -0.05) is 12.1 Å². The Hall–Kier alpha value is -1.83. The summed E-state index contributed by atoms with van der Waals surface area (Å²) < 4.78 is 5.11. The zero-order chi connectivity index (χ0) is 17.5. The summed E-state index contributed by atoms with van der Waals surface area (Å²) in [6, 6.07) is 7.41. The van der Waals surface area contributed by atoms with Crippen molar-refractivity contribution in [2.24, 2.45) is 5.73 Å². The maximum atomic E-state index is 12.0. The van der Waals surface area contributed by atoms with Crippen LogP contribution in [-0.2, 0) is 9.53 Å². The minimum absolute atomic E-state index is 0. The normalized spacial score (nSPS) is 15.5. The Morgan fingerprint density at radius 2 is 1.92 bits per heavy atom. The average Bonchev–Trinajstić information content (AvgIpc) is 3.36. The van der Waals surface area contributed by atoms with Gasteiger partial charge in [0.2, 0.25) is 5.91 Å². The number of nitrogens with one attached hydrogen (secondary N) is 3. The maximum Gasteiger partial charge on any atom is 0.319 e. The Morgan fingerprint density at radius 3 is 2.44 bits per heavy atom. The van der Waals surface area contributed by atoms with Gasteiger partial charge in [0.05, 0.1) is 18.6 Å². The number of anilines is 1. The van der Waals surface area contributed by atoms with Crippen LogP contribution in [-0.4, -0.2) is 37.7 Å². The lowest BCUT2D eigenvalue weighted by atomic mass is 10.1. The molecule has 8 heteroatoms. The van der Waals surface area contributed by atoms with Gasteiger partial charge in [0.1, 0.15) is 0 Å². The molecule has 0 aromatic heterocycles. The molecule has 3 amide bonds. The fraction of sp³-hybridized carbons (Fsp3) is 0.529. The molecular weight excluding hydrogens is 344 g/mol. The van der Waals surface area contributed by atoms with Crippen molar-refractivity contribution < 1.29 is 14.3 Å². The number of amides is 3. The van der Waals surface area contributed by atoms with Crippen LogP contribution in [0.1, 0.15) is 37.8 Å². The van der Waals surface area contributed by atoms with Crippen LogP contribution in [0, 0.1) is 0 Å². The van der Waals surface area contributed by atoms with E-state index in [2.05, 4.69) is 16.0 Å². The fourth-order valence-corrected chi connectivity index (χ4v) is 2.29. The van der Waals surface area contributed by atoms with Crippen LogP contribution in [0.5, 0.6) is 0 Å². The molecule has 2 unspecified atom stereocenters. The van der Waals surface area contributed by atoms with Gasteiger partial charge in [0.25, 0.3) is 0 Å². The number of hydrogen-bond donors (Lipinski definition) is 4. The maximum absolute atomic E-state index is 12.0. The molecule has 0 bridgehead atoms. The van der Waals surface area contributed by atoms with Gasteiger partial charge in [-0.2, -0.15) is 0 Å². The summed E-state index contributed by atoms with van der Waals surface area (Å²) in [6.45, 7) is 2.21. The first-order valence-corrected chi connectivity index (χ1v) is 8.21. The van der Waals surface area contributed by atoms with Crippen molar-refractivity contribution in [2.75, 3.05) is 19.0 Å². The van der Waals surface area contributed by atoms with Crippen LogP contribution in [0.2, 0.25) is 0 Å². The molecule has 0 saturated heterocycles. The molecule has 25 heavy (non-hydrogen) atoms. The van der Waals surface area contributed by atoms with Gasteiger partial charge in [0, 0.05) is 25.4 Å². The van der Waals surface area contributed by atoms with E-state index in [1.807, 2.05) is 31.2 Å². The van der Waals surface area contributed by atoms with Crippen LogP contribution in [0.3, 0.4) is 0 Å². The van der Waals surface area contributed by atoms with Crippen LogP contribution >= 0.6 is 12.4 Å². The molecule has 2 rings (SSSR count). The highest BCUT2D eigenvalue weighted by atomic mass is 35.5. The van der Waals surface area contributed by atoms with Gasteiger partial charge >= 0.3 is 6.03 Å². The Morgan fingerprint density at radius 1 is 1.28 bits per heavy atom. The van der Waals surface area contributed by atoms with Gasteiger partial charge < -0.3 is 26.4 Å². The van der Waals surface area contributed by atoms with Gasteiger partial charge in [-0.25, -0.2) is 4.79 Å². The lowest BCUT2D eigenvalue weighted by molar-refractivity contribution is -0.124. The van der Waals surface area contributed by atoms with E-state index in [-0.39, 0.29) is 42.9 Å². The molecular formula is C17H27ClN4O3. The molecule has 1 aromatic rings. The number of nitrogens with two attached hydrogens (primary N) is 1. The Balaban J connectivity index is 0.00000312. The molecule has 0 spiro atoms. The first-order valence-electron chi connectivity index (χ1n) is 8.21. The van der Waals surface area contributed by atoms with Crippen LogP contribution in [0.4, 0.5) is 10.5 Å². The van der Waals surface area contributed by atoms with Crippen molar-refractivity contribution in [3.63, 3.8) is 0 Å². The number of methoxy groups -OCH3 is 1. The van der Waals surface area contributed by atoms with E-state index in [9.17, 15) is 9.59 Å². The molecule has 1 fully saturated rings. The van der Waals surface area contributed by atoms with Gasteiger partial charge in [-0.05, 0) is 37.5 Å².